The molecule has 0 saturated carbocycles. The zero-order chi connectivity index (χ0) is 13.1. The minimum absolute atomic E-state index is 0.0884. The van der Waals surface area contributed by atoms with Crippen LogP contribution in [0.15, 0.2) is 36.7 Å². The summed E-state index contributed by atoms with van der Waals surface area (Å²) in [6, 6.07) is 5.71. The van der Waals surface area contributed by atoms with Crippen LogP contribution >= 0.6 is 0 Å². The van der Waals surface area contributed by atoms with E-state index in [-0.39, 0.29) is 18.3 Å². The molecule has 1 aromatic carbocycles. The van der Waals surface area contributed by atoms with Gasteiger partial charge in [0.15, 0.2) is 0 Å². The zero-order valence-electron chi connectivity index (χ0n) is 9.88. The van der Waals surface area contributed by atoms with Crippen molar-refractivity contribution in [3.63, 3.8) is 0 Å². The van der Waals surface area contributed by atoms with E-state index in [4.69, 9.17) is 5.73 Å². The predicted molar refractivity (Wildman–Crippen MR) is 66.4 cm³/mol. The highest BCUT2D eigenvalue weighted by molar-refractivity contribution is 5.92. The highest BCUT2D eigenvalue weighted by atomic mass is 19.1. The van der Waals surface area contributed by atoms with E-state index in [0.29, 0.717) is 11.4 Å². The summed E-state index contributed by atoms with van der Waals surface area (Å²) in [5, 5.41) is 3.93. The first kappa shape index (κ1) is 12.1. The Morgan fingerprint density at radius 2 is 2.11 bits per heavy atom. The van der Waals surface area contributed by atoms with Crippen LogP contribution < -0.4 is 10.6 Å². The van der Waals surface area contributed by atoms with Crippen molar-refractivity contribution in [2.45, 2.75) is 6.54 Å². The summed E-state index contributed by atoms with van der Waals surface area (Å²) in [6.45, 7) is 0.0884. The summed E-state index contributed by atoms with van der Waals surface area (Å²) in [5.74, 6) is -0.496. The molecule has 5 nitrogen and oxygen atoms in total. The summed E-state index contributed by atoms with van der Waals surface area (Å²) in [6.07, 6.45) is 3.06. The van der Waals surface area contributed by atoms with Gasteiger partial charge >= 0.3 is 0 Å². The average molecular weight is 248 g/mol. The van der Waals surface area contributed by atoms with E-state index in [9.17, 15) is 9.18 Å². The first-order valence-corrected chi connectivity index (χ1v) is 5.36. The number of carbonyl (C=O) groups excluding carboxylic acids is 1. The molecule has 2 rings (SSSR count). The van der Waals surface area contributed by atoms with Crippen molar-refractivity contribution in [3.8, 4) is 0 Å². The Labute approximate surface area is 104 Å². The zero-order valence-corrected chi connectivity index (χ0v) is 9.88. The third-order valence-corrected chi connectivity index (χ3v) is 2.54. The van der Waals surface area contributed by atoms with E-state index in [0.717, 1.165) is 0 Å². The summed E-state index contributed by atoms with van der Waals surface area (Å²) >= 11 is 0. The maximum Gasteiger partial charge on any atom is 0.248 e. The van der Waals surface area contributed by atoms with Crippen molar-refractivity contribution in [1.29, 1.82) is 0 Å². The number of anilines is 2. The number of aromatic nitrogens is 2. The molecule has 1 heterocycles. The summed E-state index contributed by atoms with van der Waals surface area (Å²) in [5.41, 5.74) is 6.64. The van der Waals surface area contributed by atoms with Gasteiger partial charge in [0.1, 0.15) is 12.4 Å². The van der Waals surface area contributed by atoms with Crippen LogP contribution in [-0.2, 0) is 11.3 Å². The van der Waals surface area contributed by atoms with E-state index < -0.39 is 0 Å². The SMILES string of the molecule is CN(C(=O)Cn1cc(N)cn1)c1ccc(F)cc1. The number of nitrogens with zero attached hydrogens (tertiary/aromatic N) is 3. The fraction of sp³-hybridized carbons (Fsp3) is 0.167. The monoisotopic (exact) mass is 248 g/mol. The number of nitrogens with two attached hydrogens (primary N) is 1. The second kappa shape index (κ2) is 4.87. The Morgan fingerprint density at radius 3 is 2.67 bits per heavy atom. The van der Waals surface area contributed by atoms with Gasteiger partial charge in [-0.05, 0) is 24.3 Å². The Kier molecular flexibility index (Phi) is 3.27. The molecule has 1 amide bonds. The molecule has 0 unspecified atom stereocenters. The van der Waals surface area contributed by atoms with Gasteiger partial charge in [0.05, 0.1) is 11.9 Å². The van der Waals surface area contributed by atoms with Crippen LogP contribution in [0.25, 0.3) is 0 Å². The van der Waals surface area contributed by atoms with Crippen LogP contribution in [0.3, 0.4) is 0 Å². The van der Waals surface area contributed by atoms with Crippen LogP contribution in [0.1, 0.15) is 0 Å². The van der Waals surface area contributed by atoms with Gasteiger partial charge in [-0.3, -0.25) is 9.48 Å². The molecule has 0 fully saturated rings. The second-order valence-electron chi connectivity index (χ2n) is 3.90. The van der Waals surface area contributed by atoms with E-state index in [1.807, 2.05) is 0 Å². The smallest absolute Gasteiger partial charge is 0.248 e. The van der Waals surface area contributed by atoms with Crippen LogP contribution in [0.2, 0.25) is 0 Å². The maximum atomic E-state index is 12.8. The predicted octanol–water partition coefficient (Wildman–Crippen LogP) is 1.27. The minimum atomic E-state index is -0.334. The average Bonchev–Trinajstić information content (AvgIpc) is 2.75. The largest absolute Gasteiger partial charge is 0.396 e. The van der Waals surface area contributed by atoms with Gasteiger partial charge in [0.2, 0.25) is 5.91 Å². The Bertz CT molecular complexity index is 549. The normalized spacial score (nSPS) is 10.3. The van der Waals surface area contributed by atoms with Crippen molar-refractivity contribution >= 4 is 17.3 Å². The molecule has 0 spiro atoms. The highest BCUT2D eigenvalue weighted by Crippen LogP contribution is 2.13. The molecule has 0 saturated heterocycles. The summed E-state index contributed by atoms with van der Waals surface area (Å²) < 4.78 is 14.2. The molecule has 0 bridgehead atoms. The van der Waals surface area contributed by atoms with Gasteiger partial charge in [-0.15, -0.1) is 0 Å². The molecular formula is C12H13FN4O. The standard InChI is InChI=1S/C12H13FN4O/c1-16(11-4-2-9(13)3-5-11)12(18)8-17-7-10(14)6-15-17/h2-7H,8,14H2,1H3. The molecule has 6 heteroatoms. The second-order valence-corrected chi connectivity index (χ2v) is 3.90. The lowest BCUT2D eigenvalue weighted by atomic mass is 10.3. The highest BCUT2D eigenvalue weighted by Gasteiger charge is 2.12. The van der Waals surface area contributed by atoms with Gasteiger partial charge < -0.3 is 10.6 Å². The molecule has 0 aliphatic rings. The van der Waals surface area contributed by atoms with E-state index in [1.165, 1.54) is 27.9 Å². The number of likely N-dealkylation sites (N-methyl/N-ethyl adjacent to an activating group) is 1. The number of benzene rings is 1. The fourth-order valence-electron chi connectivity index (χ4n) is 1.52. The quantitative estimate of drug-likeness (QED) is 0.889. The van der Waals surface area contributed by atoms with Crippen molar-refractivity contribution in [3.05, 3.63) is 42.5 Å². The fourth-order valence-corrected chi connectivity index (χ4v) is 1.52. The van der Waals surface area contributed by atoms with Crippen molar-refractivity contribution in [2.24, 2.45) is 0 Å². The van der Waals surface area contributed by atoms with Crippen LogP contribution in [0, 0.1) is 5.82 Å². The maximum absolute atomic E-state index is 12.8. The molecule has 0 aliphatic carbocycles. The van der Waals surface area contributed by atoms with Gasteiger partial charge in [0.25, 0.3) is 0 Å². The summed E-state index contributed by atoms with van der Waals surface area (Å²) in [4.78, 5) is 13.4. The van der Waals surface area contributed by atoms with Crippen LogP contribution in [-0.4, -0.2) is 22.7 Å². The minimum Gasteiger partial charge on any atom is -0.396 e. The Hall–Kier alpha value is -2.37. The molecule has 1 aromatic heterocycles. The van der Waals surface area contributed by atoms with Crippen molar-refractivity contribution in [1.82, 2.24) is 9.78 Å². The lowest BCUT2D eigenvalue weighted by Crippen LogP contribution is -2.30. The number of amides is 1. The van der Waals surface area contributed by atoms with Gasteiger partial charge in [-0.1, -0.05) is 0 Å². The first-order valence-electron chi connectivity index (χ1n) is 5.36. The molecule has 2 N–H and O–H groups in total. The van der Waals surface area contributed by atoms with Crippen LogP contribution in [0.5, 0.6) is 0 Å². The first-order chi connectivity index (χ1) is 8.56. The molecule has 94 valence electrons. The lowest BCUT2D eigenvalue weighted by Gasteiger charge is -2.17. The number of hydrogen-bond donors (Lipinski definition) is 1. The van der Waals surface area contributed by atoms with Crippen LogP contribution in [0.4, 0.5) is 15.8 Å². The lowest BCUT2D eigenvalue weighted by molar-refractivity contribution is -0.119. The molecule has 0 aliphatic heterocycles. The summed E-state index contributed by atoms with van der Waals surface area (Å²) in [7, 11) is 1.63. The van der Waals surface area contributed by atoms with Crippen molar-refractivity contribution < 1.29 is 9.18 Å². The Balaban J connectivity index is 2.07. The number of halogens is 1. The van der Waals surface area contributed by atoms with E-state index >= 15 is 0 Å². The molecular weight excluding hydrogens is 235 g/mol. The Morgan fingerprint density at radius 1 is 1.44 bits per heavy atom. The number of nitrogen functional groups attached to an aromatic ring is 1. The third-order valence-electron chi connectivity index (χ3n) is 2.54. The van der Waals surface area contributed by atoms with Crippen molar-refractivity contribution in [2.75, 3.05) is 17.7 Å². The molecule has 2 aromatic rings. The number of rotatable bonds is 3. The molecule has 0 atom stereocenters. The van der Waals surface area contributed by atoms with Gasteiger partial charge in [-0.25, -0.2) is 4.39 Å². The molecule has 0 radical (unpaired) electrons. The third kappa shape index (κ3) is 2.65. The topological polar surface area (TPSA) is 64.2 Å². The molecule has 18 heavy (non-hydrogen) atoms. The van der Waals surface area contributed by atoms with Gasteiger partial charge in [-0.2, -0.15) is 5.10 Å². The van der Waals surface area contributed by atoms with Gasteiger partial charge in [0, 0.05) is 18.9 Å². The number of carbonyl (C=O) groups is 1. The number of hydrogen-bond acceptors (Lipinski definition) is 3. The van der Waals surface area contributed by atoms with E-state index in [1.54, 1.807) is 25.4 Å². The van der Waals surface area contributed by atoms with E-state index in [2.05, 4.69) is 5.10 Å².